The Morgan fingerprint density at radius 2 is 2.17 bits per heavy atom. The molecule has 0 N–H and O–H groups in total. The van der Waals surface area contributed by atoms with Gasteiger partial charge >= 0.3 is 0 Å². The first-order chi connectivity index (χ1) is 5.69. The van der Waals surface area contributed by atoms with Gasteiger partial charge in [0.1, 0.15) is 5.75 Å². The van der Waals surface area contributed by atoms with Crippen molar-refractivity contribution in [2.24, 2.45) is 0 Å². The van der Waals surface area contributed by atoms with Crippen molar-refractivity contribution in [1.29, 1.82) is 0 Å². The summed E-state index contributed by atoms with van der Waals surface area (Å²) in [7, 11) is 1.56. The Kier molecular flexibility index (Phi) is 2.87. The molecule has 0 aliphatic rings. The van der Waals surface area contributed by atoms with Gasteiger partial charge in [-0.1, -0.05) is 15.9 Å². The van der Waals surface area contributed by atoms with Crippen molar-refractivity contribution < 1.29 is 9.53 Å². The van der Waals surface area contributed by atoms with Crippen molar-refractivity contribution >= 4 is 22.2 Å². The lowest BCUT2D eigenvalue weighted by atomic mass is 10.1. The number of rotatable bonds is 2. The lowest BCUT2D eigenvalue weighted by molar-refractivity contribution is 0.112. The molecule has 64 valence electrons. The Balaban J connectivity index is 3.33. The van der Waals surface area contributed by atoms with Gasteiger partial charge in [-0.05, 0) is 24.6 Å². The molecule has 0 unspecified atom stereocenters. The lowest BCUT2D eigenvalue weighted by Gasteiger charge is -2.07. The first kappa shape index (κ1) is 9.26. The third-order valence-corrected chi connectivity index (χ3v) is 2.06. The average molecular weight is 229 g/mol. The highest BCUT2D eigenvalue weighted by Crippen LogP contribution is 2.26. The maximum atomic E-state index is 10.6. The van der Waals surface area contributed by atoms with Crippen LogP contribution in [0.25, 0.3) is 0 Å². The monoisotopic (exact) mass is 228 g/mol. The Bertz CT molecular complexity index is 308. The molecule has 0 saturated carbocycles. The van der Waals surface area contributed by atoms with E-state index in [1.807, 2.05) is 13.0 Å². The molecule has 1 rings (SSSR count). The topological polar surface area (TPSA) is 26.3 Å². The molecule has 0 heterocycles. The number of carbonyl (C=O) groups is 1. The van der Waals surface area contributed by atoms with E-state index < -0.39 is 0 Å². The molecule has 0 aliphatic carbocycles. The number of ether oxygens (including phenoxy) is 1. The second kappa shape index (κ2) is 3.72. The van der Waals surface area contributed by atoms with Crippen LogP contribution < -0.4 is 4.74 Å². The Labute approximate surface area is 79.7 Å². The second-order valence-corrected chi connectivity index (χ2v) is 3.38. The number of methoxy groups -OCH3 is 1. The lowest BCUT2D eigenvalue weighted by Crippen LogP contribution is -1.93. The standard InChI is InChI=1S/C9H9BrO2/c1-6-3-8(10)4-7(5-11)9(6)12-2/h3-5H,1-2H3. The van der Waals surface area contributed by atoms with E-state index in [0.29, 0.717) is 11.3 Å². The van der Waals surface area contributed by atoms with Crippen LogP contribution in [0.1, 0.15) is 15.9 Å². The van der Waals surface area contributed by atoms with Crippen molar-refractivity contribution in [1.82, 2.24) is 0 Å². The van der Waals surface area contributed by atoms with Crippen LogP contribution in [0, 0.1) is 6.92 Å². The zero-order chi connectivity index (χ0) is 9.14. The van der Waals surface area contributed by atoms with Gasteiger partial charge in [0.15, 0.2) is 6.29 Å². The SMILES string of the molecule is COc1c(C)cc(Br)cc1C=O. The number of hydrogen-bond acceptors (Lipinski definition) is 2. The van der Waals surface area contributed by atoms with Crippen LogP contribution in [0.5, 0.6) is 5.75 Å². The first-order valence-electron chi connectivity index (χ1n) is 3.48. The molecule has 0 aromatic heterocycles. The van der Waals surface area contributed by atoms with Crippen LogP contribution in [0.3, 0.4) is 0 Å². The summed E-state index contributed by atoms with van der Waals surface area (Å²) in [5.74, 6) is 0.646. The minimum atomic E-state index is 0.573. The second-order valence-electron chi connectivity index (χ2n) is 2.46. The summed E-state index contributed by atoms with van der Waals surface area (Å²) in [5, 5.41) is 0. The highest BCUT2D eigenvalue weighted by molar-refractivity contribution is 9.10. The van der Waals surface area contributed by atoms with E-state index in [0.717, 1.165) is 16.3 Å². The van der Waals surface area contributed by atoms with Crippen LogP contribution in [-0.2, 0) is 0 Å². The summed E-state index contributed by atoms with van der Waals surface area (Å²) in [6, 6.07) is 3.64. The molecule has 0 bridgehead atoms. The molecule has 0 spiro atoms. The van der Waals surface area contributed by atoms with Gasteiger partial charge in [0, 0.05) is 4.47 Å². The minimum absolute atomic E-state index is 0.573. The molecular weight excluding hydrogens is 220 g/mol. The van der Waals surface area contributed by atoms with Crippen LogP contribution >= 0.6 is 15.9 Å². The molecule has 0 fully saturated rings. The molecule has 0 saturated heterocycles. The van der Waals surface area contributed by atoms with E-state index in [1.165, 1.54) is 0 Å². The summed E-state index contributed by atoms with van der Waals surface area (Å²) >= 11 is 3.30. The Hall–Kier alpha value is -0.830. The van der Waals surface area contributed by atoms with Crippen molar-refractivity contribution in [2.75, 3.05) is 7.11 Å². The third kappa shape index (κ3) is 1.67. The molecule has 0 radical (unpaired) electrons. The zero-order valence-corrected chi connectivity index (χ0v) is 8.51. The summed E-state index contributed by atoms with van der Waals surface area (Å²) < 4.78 is 5.96. The maximum absolute atomic E-state index is 10.6. The van der Waals surface area contributed by atoms with E-state index in [-0.39, 0.29) is 0 Å². The van der Waals surface area contributed by atoms with E-state index in [2.05, 4.69) is 15.9 Å². The number of benzene rings is 1. The number of hydrogen-bond donors (Lipinski definition) is 0. The highest BCUT2D eigenvalue weighted by atomic mass is 79.9. The van der Waals surface area contributed by atoms with Crippen LogP contribution in [0.15, 0.2) is 16.6 Å². The van der Waals surface area contributed by atoms with Gasteiger partial charge in [0.05, 0.1) is 12.7 Å². The fourth-order valence-corrected chi connectivity index (χ4v) is 1.71. The number of carbonyl (C=O) groups excluding carboxylic acids is 1. The number of halogens is 1. The minimum Gasteiger partial charge on any atom is -0.496 e. The molecule has 0 aliphatic heterocycles. The molecule has 1 aromatic rings. The van der Waals surface area contributed by atoms with Gasteiger partial charge < -0.3 is 4.74 Å². The highest BCUT2D eigenvalue weighted by Gasteiger charge is 2.05. The molecule has 0 amide bonds. The number of aldehydes is 1. The van der Waals surface area contributed by atoms with Crippen molar-refractivity contribution in [3.63, 3.8) is 0 Å². The van der Waals surface area contributed by atoms with Gasteiger partial charge in [-0.15, -0.1) is 0 Å². The van der Waals surface area contributed by atoms with Crippen molar-refractivity contribution in [3.8, 4) is 5.75 Å². The van der Waals surface area contributed by atoms with Gasteiger partial charge in [-0.2, -0.15) is 0 Å². The Morgan fingerprint density at radius 3 is 2.67 bits per heavy atom. The smallest absolute Gasteiger partial charge is 0.153 e. The fraction of sp³-hybridized carbons (Fsp3) is 0.222. The van der Waals surface area contributed by atoms with Gasteiger partial charge in [-0.3, -0.25) is 4.79 Å². The van der Waals surface area contributed by atoms with Crippen molar-refractivity contribution in [3.05, 3.63) is 27.7 Å². The zero-order valence-electron chi connectivity index (χ0n) is 6.93. The molecule has 0 atom stereocenters. The molecular formula is C9H9BrO2. The summed E-state index contributed by atoms with van der Waals surface area (Å²) in [5.41, 5.74) is 1.53. The van der Waals surface area contributed by atoms with Gasteiger partial charge in [0.2, 0.25) is 0 Å². The quantitative estimate of drug-likeness (QED) is 0.728. The van der Waals surface area contributed by atoms with E-state index in [4.69, 9.17) is 4.74 Å². The predicted octanol–water partition coefficient (Wildman–Crippen LogP) is 2.58. The summed E-state index contributed by atoms with van der Waals surface area (Å²) in [4.78, 5) is 10.6. The summed E-state index contributed by atoms with van der Waals surface area (Å²) in [6.45, 7) is 1.90. The van der Waals surface area contributed by atoms with Crippen molar-refractivity contribution in [2.45, 2.75) is 6.92 Å². The average Bonchev–Trinajstić information content (AvgIpc) is 2.03. The van der Waals surface area contributed by atoms with E-state index in [1.54, 1.807) is 13.2 Å². The first-order valence-corrected chi connectivity index (χ1v) is 4.27. The third-order valence-electron chi connectivity index (χ3n) is 1.60. The molecule has 3 heteroatoms. The van der Waals surface area contributed by atoms with Gasteiger partial charge in [-0.25, -0.2) is 0 Å². The maximum Gasteiger partial charge on any atom is 0.153 e. The molecule has 1 aromatic carbocycles. The molecule has 12 heavy (non-hydrogen) atoms. The van der Waals surface area contributed by atoms with Crippen LogP contribution in [0.4, 0.5) is 0 Å². The largest absolute Gasteiger partial charge is 0.496 e. The van der Waals surface area contributed by atoms with E-state index >= 15 is 0 Å². The van der Waals surface area contributed by atoms with Gasteiger partial charge in [0.25, 0.3) is 0 Å². The molecule has 2 nitrogen and oxygen atoms in total. The predicted molar refractivity (Wildman–Crippen MR) is 50.8 cm³/mol. The van der Waals surface area contributed by atoms with Crippen LogP contribution in [0.2, 0.25) is 0 Å². The number of aryl methyl sites for hydroxylation is 1. The van der Waals surface area contributed by atoms with E-state index in [9.17, 15) is 4.79 Å². The fourth-order valence-electron chi connectivity index (χ4n) is 1.12. The Morgan fingerprint density at radius 1 is 1.50 bits per heavy atom. The summed E-state index contributed by atoms with van der Waals surface area (Å²) in [6.07, 6.45) is 0.788. The normalized spacial score (nSPS) is 9.58. The van der Waals surface area contributed by atoms with Crippen LogP contribution in [-0.4, -0.2) is 13.4 Å².